The molecule has 3 amide bonds. The molecule has 1 aliphatic carbocycles. The highest BCUT2D eigenvalue weighted by atomic mass is 16.5. The Hall–Kier alpha value is -3.48. The zero-order chi connectivity index (χ0) is 24.9. The lowest BCUT2D eigenvalue weighted by atomic mass is 9.76. The van der Waals surface area contributed by atoms with Gasteiger partial charge < -0.3 is 9.64 Å². The molecule has 3 fully saturated rings. The van der Waals surface area contributed by atoms with Gasteiger partial charge in [0.1, 0.15) is 5.75 Å². The summed E-state index contributed by atoms with van der Waals surface area (Å²) < 4.78 is 5.55. The Morgan fingerprint density at radius 3 is 2.23 bits per heavy atom. The fourth-order valence-corrected chi connectivity index (χ4v) is 5.73. The lowest BCUT2D eigenvalue weighted by molar-refractivity contribution is -0.139. The van der Waals surface area contributed by atoms with Crippen LogP contribution in [0.1, 0.15) is 43.7 Å². The summed E-state index contributed by atoms with van der Waals surface area (Å²) in [6.45, 7) is 6.35. The van der Waals surface area contributed by atoms with Crippen LogP contribution < -0.4 is 14.5 Å². The van der Waals surface area contributed by atoms with Crippen molar-refractivity contribution in [2.45, 2.75) is 46.5 Å². The van der Waals surface area contributed by atoms with Crippen molar-refractivity contribution in [2.75, 3.05) is 16.3 Å². The molecular weight excluding hydrogens is 444 g/mol. The van der Waals surface area contributed by atoms with Crippen LogP contribution in [0, 0.1) is 37.5 Å². The minimum Gasteiger partial charge on any atom is -0.426 e. The first-order chi connectivity index (χ1) is 16.7. The molecule has 2 aliphatic heterocycles. The molecule has 0 aromatic heterocycles. The number of nitrogens with zero attached hydrogens (tertiary/aromatic N) is 2. The van der Waals surface area contributed by atoms with Gasteiger partial charge in [0.25, 0.3) is 0 Å². The van der Waals surface area contributed by atoms with E-state index in [2.05, 4.69) is 6.92 Å². The number of aryl methyl sites for hydroxylation is 2. The molecular formula is C28H30N2O5. The molecule has 4 atom stereocenters. The van der Waals surface area contributed by atoms with Gasteiger partial charge in [0.15, 0.2) is 0 Å². The first-order valence-corrected chi connectivity index (χ1v) is 12.3. The molecule has 1 saturated carbocycles. The van der Waals surface area contributed by atoms with Gasteiger partial charge in [-0.1, -0.05) is 13.0 Å². The van der Waals surface area contributed by atoms with Crippen LogP contribution in [-0.4, -0.2) is 30.2 Å². The molecule has 3 aliphatic rings. The number of rotatable bonds is 4. The molecule has 7 nitrogen and oxygen atoms in total. The Labute approximate surface area is 205 Å². The summed E-state index contributed by atoms with van der Waals surface area (Å²) >= 11 is 0. The number of carbonyl (C=O) groups is 4. The Morgan fingerprint density at radius 2 is 1.54 bits per heavy atom. The van der Waals surface area contributed by atoms with E-state index >= 15 is 0 Å². The molecule has 2 heterocycles. The number of ether oxygens (including phenoxy) is 1. The fraction of sp³-hybridized carbons (Fsp3) is 0.429. The lowest BCUT2D eigenvalue weighted by Crippen LogP contribution is -2.30. The second kappa shape index (κ2) is 8.95. The number of imide groups is 1. The van der Waals surface area contributed by atoms with Gasteiger partial charge in [0.2, 0.25) is 17.7 Å². The molecule has 7 heteroatoms. The third-order valence-electron chi connectivity index (χ3n) is 7.48. The zero-order valence-corrected chi connectivity index (χ0v) is 20.3. The van der Waals surface area contributed by atoms with Gasteiger partial charge >= 0.3 is 5.97 Å². The van der Waals surface area contributed by atoms with Gasteiger partial charge in [-0.2, -0.15) is 0 Å². The largest absolute Gasteiger partial charge is 0.426 e. The predicted molar refractivity (Wildman–Crippen MR) is 131 cm³/mol. The molecule has 0 unspecified atom stereocenters. The molecule has 182 valence electrons. The minimum atomic E-state index is -0.560. The quantitative estimate of drug-likeness (QED) is 0.377. The molecule has 2 saturated heterocycles. The summed E-state index contributed by atoms with van der Waals surface area (Å²) in [6.07, 6.45) is 2.57. The van der Waals surface area contributed by atoms with Gasteiger partial charge in [-0.15, -0.1) is 0 Å². The standard InChI is InChI=1S/C28H30N2O5/c1-16-4-9-23-24(13-16)27(33)30(26(23)32)20-5-7-22(8-6-20)35-28(34)19-14-25(31)29(15-19)21-11-17(2)10-18(3)12-21/h5-8,10-12,16,19,23-24H,4,9,13-15H2,1-3H3/t16-,19-,23+,24-/m0/s1. The summed E-state index contributed by atoms with van der Waals surface area (Å²) in [5.41, 5.74) is 3.41. The Balaban J connectivity index is 1.25. The van der Waals surface area contributed by atoms with Crippen LogP contribution in [0.25, 0.3) is 0 Å². The molecule has 0 bridgehead atoms. The van der Waals surface area contributed by atoms with Crippen molar-refractivity contribution in [3.05, 3.63) is 53.6 Å². The lowest BCUT2D eigenvalue weighted by Gasteiger charge is -2.25. The van der Waals surface area contributed by atoms with Gasteiger partial charge in [0.05, 0.1) is 23.4 Å². The monoisotopic (exact) mass is 474 g/mol. The predicted octanol–water partition coefficient (Wildman–Crippen LogP) is 4.19. The maximum Gasteiger partial charge on any atom is 0.316 e. The average molecular weight is 475 g/mol. The van der Waals surface area contributed by atoms with E-state index in [0.29, 0.717) is 17.4 Å². The van der Waals surface area contributed by atoms with Crippen LogP contribution in [0.15, 0.2) is 42.5 Å². The number of fused-ring (bicyclic) bond motifs is 1. The molecule has 0 radical (unpaired) electrons. The van der Waals surface area contributed by atoms with Crippen LogP contribution in [-0.2, 0) is 19.2 Å². The maximum absolute atomic E-state index is 12.9. The van der Waals surface area contributed by atoms with Gasteiger partial charge in [-0.25, -0.2) is 0 Å². The smallest absolute Gasteiger partial charge is 0.316 e. The van der Waals surface area contributed by atoms with Crippen molar-refractivity contribution < 1.29 is 23.9 Å². The third-order valence-corrected chi connectivity index (χ3v) is 7.48. The van der Waals surface area contributed by atoms with E-state index in [-0.39, 0.29) is 42.5 Å². The first kappa shape index (κ1) is 23.3. The second-order valence-corrected chi connectivity index (χ2v) is 10.3. The van der Waals surface area contributed by atoms with E-state index in [1.807, 2.05) is 32.0 Å². The number of anilines is 2. The van der Waals surface area contributed by atoms with Crippen LogP contribution >= 0.6 is 0 Å². The normalized spacial score (nSPS) is 26.3. The number of amides is 3. The van der Waals surface area contributed by atoms with Gasteiger partial charge in [0, 0.05) is 18.7 Å². The first-order valence-electron chi connectivity index (χ1n) is 12.3. The molecule has 0 N–H and O–H groups in total. The highest BCUT2D eigenvalue weighted by molar-refractivity contribution is 6.22. The third kappa shape index (κ3) is 4.35. The Morgan fingerprint density at radius 1 is 0.886 bits per heavy atom. The van der Waals surface area contributed by atoms with Crippen LogP contribution in [0.4, 0.5) is 11.4 Å². The van der Waals surface area contributed by atoms with E-state index < -0.39 is 11.9 Å². The van der Waals surface area contributed by atoms with Crippen molar-refractivity contribution in [1.82, 2.24) is 0 Å². The van der Waals surface area contributed by atoms with Crippen molar-refractivity contribution in [1.29, 1.82) is 0 Å². The maximum atomic E-state index is 12.9. The van der Waals surface area contributed by atoms with Gasteiger partial charge in [-0.05, 0) is 86.6 Å². The van der Waals surface area contributed by atoms with Gasteiger partial charge in [-0.3, -0.25) is 24.1 Å². The summed E-state index contributed by atoms with van der Waals surface area (Å²) in [6, 6.07) is 12.4. The van der Waals surface area contributed by atoms with E-state index in [1.54, 1.807) is 29.2 Å². The zero-order valence-electron chi connectivity index (χ0n) is 20.3. The SMILES string of the molecule is Cc1cc(C)cc(N2C[C@@H](C(=O)Oc3ccc(N4C(=O)[C@H]5C[C@@H](C)CC[C@H]5C4=O)cc3)CC2=O)c1. The molecule has 0 spiro atoms. The summed E-state index contributed by atoms with van der Waals surface area (Å²) in [4.78, 5) is 54.2. The number of hydrogen-bond donors (Lipinski definition) is 0. The average Bonchev–Trinajstić information content (AvgIpc) is 3.31. The van der Waals surface area contributed by atoms with E-state index in [4.69, 9.17) is 4.74 Å². The van der Waals surface area contributed by atoms with Crippen molar-refractivity contribution >= 4 is 35.1 Å². The highest BCUT2D eigenvalue weighted by Crippen LogP contribution is 2.42. The van der Waals surface area contributed by atoms with Crippen molar-refractivity contribution in [2.24, 2.45) is 23.7 Å². The van der Waals surface area contributed by atoms with E-state index in [0.717, 1.165) is 36.1 Å². The fourth-order valence-electron chi connectivity index (χ4n) is 5.73. The number of hydrogen-bond acceptors (Lipinski definition) is 5. The van der Waals surface area contributed by atoms with Crippen LogP contribution in [0.5, 0.6) is 5.75 Å². The molecule has 2 aromatic carbocycles. The number of carbonyl (C=O) groups excluding carboxylic acids is 4. The topological polar surface area (TPSA) is 84.0 Å². The van der Waals surface area contributed by atoms with E-state index in [9.17, 15) is 19.2 Å². The number of esters is 1. The molecule has 5 rings (SSSR count). The summed E-state index contributed by atoms with van der Waals surface area (Å²) in [5.74, 6) is -1.08. The van der Waals surface area contributed by atoms with Crippen LogP contribution in [0.2, 0.25) is 0 Å². The second-order valence-electron chi connectivity index (χ2n) is 10.3. The van der Waals surface area contributed by atoms with Crippen molar-refractivity contribution in [3.8, 4) is 5.75 Å². The summed E-state index contributed by atoms with van der Waals surface area (Å²) in [7, 11) is 0. The highest BCUT2D eigenvalue weighted by Gasteiger charge is 2.50. The molecule has 2 aromatic rings. The number of benzene rings is 2. The summed E-state index contributed by atoms with van der Waals surface area (Å²) in [5, 5.41) is 0. The van der Waals surface area contributed by atoms with Crippen LogP contribution in [0.3, 0.4) is 0 Å². The van der Waals surface area contributed by atoms with E-state index in [1.165, 1.54) is 4.90 Å². The van der Waals surface area contributed by atoms with Crippen molar-refractivity contribution in [3.63, 3.8) is 0 Å². The Bertz CT molecular complexity index is 1180. The molecule has 35 heavy (non-hydrogen) atoms. The minimum absolute atomic E-state index is 0.0991. The Kier molecular flexibility index (Phi) is 5.95.